The van der Waals surface area contributed by atoms with Crippen LogP contribution in [0.5, 0.6) is 0 Å². The van der Waals surface area contributed by atoms with E-state index in [1.807, 2.05) is 17.5 Å². The summed E-state index contributed by atoms with van der Waals surface area (Å²) in [6.07, 6.45) is 2.28. The first kappa shape index (κ1) is 12.8. The van der Waals surface area contributed by atoms with E-state index in [4.69, 9.17) is 9.84 Å². The van der Waals surface area contributed by atoms with Gasteiger partial charge in [-0.3, -0.25) is 4.79 Å². The zero-order chi connectivity index (χ0) is 13.0. The molecule has 1 amide bonds. The van der Waals surface area contributed by atoms with E-state index in [2.05, 4.69) is 0 Å². The first-order valence-corrected chi connectivity index (χ1v) is 6.39. The van der Waals surface area contributed by atoms with Gasteiger partial charge in [-0.05, 0) is 17.5 Å². The molecule has 1 aromatic heterocycles. The smallest absolute Gasteiger partial charge is 0.334 e. The van der Waals surface area contributed by atoms with Crippen molar-refractivity contribution in [2.24, 2.45) is 0 Å². The Morgan fingerprint density at radius 2 is 2.39 bits per heavy atom. The van der Waals surface area contributed by atoms with Crippen molar-refractivity contribution in [1.29, 1.82) is 0 Å². The second-order valence-electron chi connectivity index (χ2n) is 3.83. The van der Waals surface area contributed by atoms with Crippen molar-refractivity contribution in [2.75, 3.05) is 19.7 Å². The van der Waals surface area contributed by atoms with Gasteiger partial charge in [0.25, 0.3) is 0 Å². The molecule has 0 bridgehead atoms. The van der Waals surface area contributed by atoms with E-state index in [1.54, 1.807) is 17.4 Å². The number of carbonyl (C=O) groups is 2. The van der Waals surface area contributed by atoms with E-state index in [0.29, 0.717) is 6.54 Å². The predicted molar refractivity (Wildman–Crippen MR) is 67.3 cm³/mol. The quantitative estimate of drug-likeness (QED) is 0.832. The molecule has 0 aliphatic carbocycles. The molecule has 96 valence electrons. The highest BCUT2D eigenvalue weighted by Gasteiger charge is 2.27. The monoisotopic (exact) mass is 267 g/mol. The Kier molecular flexibility index (Phi) is 4.11. The summed E-state index contributed by atoms with van der Waals surface area (Å²) in [5.41, 5.74) is 0. The van der Waals surface area contributed by atoms with Crippen LogP contribution >= 0.6 is 11.3 Å². The van der Waals surface area contributed by atoms with E-state index in [-0.39, 0.29) is 19.1 Å². The van der Waals surface area contributed by atoms with Gasteiger partial charge in [0.2, 0.25) is 5.91 Å². The summed E-state index contributed by atoms with van der Waals surface area (Å²) in [5.74, 6) is -1.22. The number of ether oxygens (including phenoxy) is 1. The Hall–Kier alpha value is -1.66. The molecule has 2 heterocycles. The van der Waals surface area contributed by atoms with Crippen molar-refractivity contribution in [3.8, 4) is 0 Å². The largest absolute Gasteiger partial charge is 0.479 e. The van der Waals surface area contributed by atoms with Crippen molar-refractivity contribution in [3.63, 3.8) is 0 Å². The molecule has 1 aromatic rings. The number of carbonyl (C=O) groups excluding carboxylic acids is 1. The van der Waals surface area contributed by atoms with Gasteiger partial charge >= 0.3 is 5.97 Å². The van der Waals surface area contributed by atoms with Crippen molar-refractivity contribution in [3.05, 3.63) is 28.5 Å². The lowest BCUT2D eigenvalue weighted by molar-refractivity contribution is -0.158. The van der Waals surface area contributed by atoms with Crippen molar-refractivity contribution < 1.29 is 19.4 Å². The van der Waals surface area contributed by atoms with Crippen LogP contribution in [-0.2, 0) is 14.3 Å². The van der Waals surface area contributed by atoms with Crippen molar-refractivity contribution in [2.45, 2.75) is 6.10 Å². The lowest BCUT2D eigenvalue weighted by atomic mass is 10.2. The Balaban J connectivity index is 1.94. The van der Waals surface area contributed by atoms with Crippen LogP contribution in [0.4, 0.5) is 0 Å². The van der Waals surface area contributed by atoms with Crippen LogP contribution < -0.4 is 0 Å². The van der Waals surface area contributed by atoms with E-state index in [0.717, 1.165) is 4.88 Å². The lowest BCUT2D eigenvalue weighted by Crippen LogP contribution is -2.48. The zero-order valence-corrected chi connectivity index (χ0v) is 10.4. The standard InChI is InChI=1S/C12H13NO4S/c14-11(4-3-9-2-1-7-18-9)13-5-6-17-10(8-13)12(15)16/h1-4,7,10H,5-6,8H2,(H,15,16). The van der Waals surface area contributed by atoms with Gasteiger partial charge < -0.3 is 14.7 Å². The van der Waals surface area contributed by atoms with E-state index < -0.39 is 12.1 Å². The number of nitrogens with zero attached hydrogens (tertiary/aromatic N) is 1. The van der Waals surface area contributed by atoms with Gasteiger partial charge in [-0.15, -0.1) is 11.3 Å². The molecular weight excluding hydrogens is 254 g/mol. The summed E-state index contributed by atoms with van der Waals surface area (Å²) in [6.45, 7) is 0.788. The maximum absolute atomic E-state index is 11.9. The van der Waals surface area contributed by atoms with Crippen LogP contribution in [0.25, 0.3) is 6.08 Å². The molecule has 1 N–H and O–H groups in total. The number of morpholine rings is 1. The Morgan fingerprint density at radius 3 is 3.06 bits per heavy atom. The van der Waals surface area contributed by atoms with Crippen LogP contribution in [0.15, 0.2) is 23.6 Å². The SMILES string of the molecule is O=C(O)C1CN(C(=O)C=Cc2cccs2)CCO1. The van der Waals surface area contributed by atoms with E-state index in [9.17, 15) is 9.59 Å². The number of hydrogen-bond donors (Lipinski definition) is 1. The number of thiophene rings is 1. The number of carboxylic acids is 1. The molecule has 5 nitrogen and oxygen atoms in total. The third-order valence-corrected chi connectivity index (χ3v) is 3.42. The summed E-state index contributed by atoms with van der Waals surface area (Å²) >= 11 is 1.54. The minimum atomic E-state index is -1.03. The molecule has 1 unspecified atom stereocenters. The maximum atomic E-state index is 11.9. The maximum Gasteiger partial charge on any atom is 0.334 e. The average Bonchev–Trinajstić information content (AvgIpc) is 2.89. The van der Waals surface area contributed by atoms with Gasteiger partial charge in [0.1, 0.15) is 0 Å². The van der Waals surface area contributed by atoms with Gasteiger partial charge in [-0.25, -0.2) is 4.79 Å². The molecule has 1 saturated heterocycles. The highest BCUT2D eigenvalue weighted by Crippen LogP contribution is 2.11. The zero-order valence-electron chi connectivity index (χ0n) is 9.61. The third kappa shape index (κ3) is 3.18. The lowest BCUT2D eigenvalue weighted by Gasteiger charge is -2.30. The second-order valence-corrected chi connectivity index (χ2v) is 4.81. The van der Waals surface area contributed by atoms with Crippen molar-refractivity contribution >= 4 is 29.3 Å². The van der Waals surface area contributed by atoms with Crippen molar-refractivity contribution in [1.82, 2.24) is 4.90 Å². The van der Waals surface area contributed by atoms with Crippen LogP contribution in [0.2, 0.25) is 0 Å². The molecule has 0 radical (unpaired) electrons. The van der Waals surface area contributed by atoms with Crippen LogP contribution in [0.1, 0.15) is 4.88 Å². The first-order valence-electron chi connectivity index (χ1n) is 5.52. The van der Waals surface area contributed by atoms with Gasteiger partial charge in [0.15, 0.2) is 6.10 Å². The molecule has 1 fully saturated rings. The highest BCUT2D eigenvalue weighted by molar-refractivity contribution is 7.10. The molecule has 2 rings (SSSR count). The topological polar surface area (TPSA) is 66.8 Å². The summed E-state index contributed by atoms with van der Waals surface area (Å²) in [4.78, 5) is 25.1. The molecule has 0 aromatic carbocycles. The van der Waals surface area contributed by atoms with Gasteiger partial charge in [-0.1, -0.05) is 6.07 Å². The molecular formula is C12H13NO4S. The number of hydrogen-bond acceptors (Lipinski definition) is 4. The van der Waals surface area contributed by atoms with Crippen LogP contribution in [0.3, 0.4) is 0 Å². The fraction of sp³-hybridized carbons (Fsp3) is 0.333. The minimum absolute atomic E-state index is 0.100. The first-order chi connectivity index (χ1) is 8.66. The van der Waals surface area contributed by atoms with E-state index in [1.165, 1.54) is 11.0 Å². The molecule has 1 aliphatic heterocycles. The van der Waals surface area contributed by atoms with Gasteiger partial charge in [-0.2, -0.15) is 0 Å². The summed E-state index contributed by atoms with van der Waals surface area (Å²) in [6, 6.07) is 3.82. The summed E-state index contributed by atoms with van der Waals surface area (Å²) < 4.78 is 5.05. The van der Waals surface area contributed by atoms with Crippen LogP contribution in [-0.4, -0.2) is 47.7 Å². The van der Waals surface area contributed by atoms with Gasteiger partial charge in [0, 0.05) is 17.5 Å². The minimum Gasteiger partial charge on any atom is -0.479 e. The predicted octanol–water partition coefficient (Wildman–Crippen LogP) is 1.07. The fourth-order valence-corrected chi connectivity index (χ4v) is 2.26. The second kappa shape index (κ2) is 5.79. The summed E-state index contributed by atoms with van der Waals surface area (Å²) in [5, 5.41) is 10.8. The number of rotatable bonds is 3. The van der Waals surface area contributed by atoms with Crippen LogP contribution in [0, 0.1) is 0 Å². The Bertz CT molecular complexity index is 455. The molecule has 1 aliphatic rings. The molecule has 0 spiro atoms. The van der Waals surface area contributed by atoms with E-state index >= 15 is 0 Å². The fourth-order valence-electron chi connectivity index (χ4n) is 1.64. The number of carboxylic acid groups (broad SMARTS) is 1. The number of aliphatic carboxylic acids is 1. The summed E-state index contributed by atoms with van der Waals surface area (Å²) in [7, 11) is 0. The number of amides is 1. The molecule has 1 atom stereocenters. The molecule has 0 saturated carbocycles. The molecule has 6 heteroatoms. The normalized spacial score (nSPS) is 20.2. The Morgan fingerprint density at radius 1 is 1.56 bits per heavy atom. The average molecular weight is 267 g/mol. The highest BCUT2D eigenvalue weighted by atomic mass is 32.1. The van der Waals surface area contributed by atoms with Gasteiger partial charge in [0.05, 0.1) is 13.2 Å². The molecule has 18 heavy (non-hydrogen) atoms. The Labute approximate surface area is 108 Å². The third-order valence-electron chi connectivity index (χ3n) is 2.59.